The van der Waals surface area contributed by atoms with Gasteiger partial charge in [-0.15, -0.1) is 11.3 Å². The Morgan fingerprint density at radius 3 is 2.74 bits per heavy atom. The van der Waals surface area contributed by atoms with Crippen molar-refractivity contribution in [2.75, 3.05) is 32.8 Å². The van der Waals surface area contributed by atoms with Crippen molar-refractivity contribution < 1.29 is 9.53 Å². The standard InChI is InChI=1S/C20H22N4O2S/c25-20(18-13-21-15-24(18)16-5-2-1-3-6-16)22-14-17(19-7-4-12-27-19)23-8-10-26-11-9-23/h1-7,12-13,15,17H,8-11,14H2,(H,22,25)/t17-/m1/s1. The van der Waals surface area contributed by atoms with Crippen molar-refractivity contribution in [1.29, 1.82) is 0 Å². The van der Waals surface area contributed by atoms with Crippen LogP contribution in [0.4, 0.5) is 0 Å². The highest BCUT2D eigenvalue weighted by atomic mass is 32.1. The lowest BCUT2D eigenvalue weighted by molar-refractivity contribution is 0.0169. The normalized spacial score (nSPS) is 16.1. The van der Waals surface area contributed by atoms with E-state index in [1.807, 2.05) is 34.9 Å². The first-order valence-electron chi connectivity index (χ1n) is 9.04. The molecule has 27 heavy (non-hydrogen) atoms. The molecule has 0 unspecified atom stereocenters. The van der Waals surface area contributed by atoms with Crippen LogP contribution in [0.5, 0.6) is 0 Å². The number of nitrogens with zero attached hydrogens (tertiary/aromatic N) is 3. The van der Waals surface area contributed by atoms with E-state index in [0.29, 0.717) is 12.2 Å². The van der Waals surface area contributed by atoms with Gasteiger partial charge < -0.3 is 10.1 Å². The average molecular weight is 382 g/mol. The van der Waals surface area contributed by atoms with Crippen LogP contribution in [0.15, 0.2) is 60.4 Å². The van der Waals surface area contributed by atoms with E-state index in [-0.39, 0.29) is 11.9 Å². The number of para-hydroxylation sites is 1. The van der Waals surface area contributed by atoms with Gasteiger partial charge in [-0.25, -0.2) is 4.98 Å². The highest BCUT2D eigenvalue weighted by Crippen LogP contribution is 2.25. The molecule has 1 fully saturated rings. The first-order valence-corrected chi connectivity index (χ1v) is 9.92. The lowest BCUT2D eigenvalue weighted by atomic mass is 10.2. The molecule has 1 aliphatic heterocycles. The van der Waals surface area contributed by atoms with Gasteiger partial charge in [-0.05, 0) is 23.6 Å². The average Bonchev–Trinajstić information content (AvgIpc) is 3.42. The van der Waals surface area contributed by atoms with Crippen LogP contribution >= 0.6 is 11.3 Å². The molecule has 4 rings (SSSR count). The number of rotatable bonds is 6. The van der Waals surface area contributed by atoms with Crippen molar-refractivity contribution in [3.05, 3.63) is 70.9 Å². The number of hydrogen-bond donors (Lipinski definition) is 1. The molecule has 1 N–H and O–H groups in total. The minimum Gasteiger partial charge on any atom is -0.379 e. The fourth-order valence-electron chi connectivity index (χ4n) is 3.32. The molecule has 0 spiro atoms. The molecule has 0 aliphatic carbocycles. The maximum Gasteiger partial charge on any atom is 0.269 e. The van der Waals surface area contributed by atoms with E-state index in [1.165, 1.54) is 4.88 Å². The lowest BCUT2D eigenvalue weighted by Crippen LogP contribution is -2.43. The summed E-state index contributed by atoms with van der Waals surface area (Å²) in [6.45, 7) is 3.77. The molecule has 1 aliphatic rings. The third kappa shape index (κ3) is 4.10. The second-order valence-electron chi connectivity index (χ2n) is 6.37. The quantitative estimate of drug-likeness (QED) is 0.712. The van der Waals surface area contributed by atoms with Gasteiger partial charge in [0.25, 0.3) is 5.91 Å². The lowest BCUT2D eigenvalue weighted by Gasteiger charge is -2.34. The van der Waals surface area contributed by atoms with Crippen molar-refractivity contribution in [2.24, 2.45) is 0 Å². The van der Waals surface area contributed by atoms with Crippen LogP contribution in [0.1, 0.15) is 21.4 Å². The molecule has 140 valence electrons. The third-order valence-corrected chi connectivity index (χ3v) is 5.69. The molecular formula is C20H22N4O2S. The summed E-state index contributed by atoms with van der Waals surface area (Å²) in [5.41, 5.74) is 1.45. The van der Waals surface area contributed by atoms with Crippen molar-refractivity contribution in [3.8, 4) is 5.69 Å². The predicted octanol–water partition coefficient (Wildman–Crippen LogP) is 2.74. The van der Waals surface area contributed by atoms with E-state index in [2.05, 4.69) is 32.7 Å². The number of aromatic nitrogens is 2. The number of thiophene rings is 1. The highest BCUT2D eigenvalue weighted by molar-refractivity contribution is 7.10. The van der Waals surface area contributed by atoms with Crippen LogP contribution in [-0.4, -0.2) is 53.2 Å². The van der Waals surface area contributed by atoms with Crippen LogP contribution < -0.4 is 5.32 Å². The summed E-state index contributed by atoms with van der Waals surface area (Å²) in [6.07, 6.45) is 3.28. The van der Waals surface area contributed by atoms with Crippen molar-refractivity contribution in [2.45, 2.75) is 6.04 Å². The molecule has 1 aromatic carbocycles. The van der Waals surface area contributed by atoms with Gasteiger partial charge in [0.05, 0.1) is 31.8 Å². The summed E-state index contributed by atoms with van der Waals surface area (Å²) >= 11 is 1.72. The van der Waals surface area contributed by atoms with Crippen molar-refractivity contribution in [3.63, 3.8) is 0 Å². The van der Waals surface area contributed by atoms with Gasteiger partial charge in [0.1, 0.15) is 5.69 Å². The van der Waals surface area contributed by atoms with Crippen LogP contribution in [0.25, 0.3) is 5.69 Å². The van der Waals surface area contributed by atoms with E-state index in [1.54, 1.807) is 23.9 Å². The minimum absolute atomic E-state index is 0.119. The molecule has 1 atom stereocenters. The third-order valence-electron chi connectivity index (χ3n) is 4.72. The zero-order chi connectivity index (χ0) is 18.5. The van der Waals surface area contributed by atoms with Gasteiger partial charge in [-0.2, -0.15) is 0 Å². The number of morpholine rings is 1. The van der Waals surface area contributed by atoms with E-state index in [0.717, 1.165) is 32.0 Å². The number of amides is 1. The van der Waals surface area contributed by atoms with Crippen LogP contribution in [0, 0.1) is 0 Å². The molecule has 1 saturated heterocycles. The minimum atomic E-state index is -0.119. The molecule has 7 heteroatoms. The highest BCUT2D eigenvalue weighted by Gasteiger charge is 2.24. The molecule has 0 bridgehead atoms. The van der Waals surface area contributed by atoms with Gasteiger partial charge in [0.15, 0.2) is 0 Å². The smallest absolute Gasteiger partial charge is 0.269 e. The van der Waals surface area contributed by atoms with Crippen molar-refractivity contribution in [1.82, 2.24) is 19.8 Å². The van der Waals surface area contributed by atoms with E-state index in [9.17, 15) is 4.79 Å². The second-order valence-corrected chi connectivity index (χ2v) is 7.35. The van der Waals surface area contributed by atoms with E-state index < -0.39 is 0 Å². The first kappa shape index (κ1) is 17.9. The maximum absolute atomic E-state index is 12.8. The number of ether oxygens (including phenoxy) is 1. The van der Waals surface area contributed by atoms with Gasteiger partial charge >= 0.3 is 0 Å². The Labute approximate surface area is 162 Å². The summed E-state index contributed by atoms with van der Waals surface area (Å²) in [7, 11) is 0. The van der Waals surface area contributed by atoms with Crippen molar-refractivity contribution >= 4 is 17.2 Å². The molecule has 3 heterocycles. The fourth-order valence-corrected chi connectivity index (χ4v) is 4.18. The Kier molecular flexibility index (Phi) is 5.62. The zero-order valence-corrected chi connectivity index (χ0v) is 15.8. The summed E-state index contributed by atoms with van der Waals surface area (Å²) < 4.78 is 7.29. The summed E-state index contributed by atoms with van der Waals surface area (Å²) in [5, 5.41) is 5.18. The molecular weight excluding hydrogens is 360 g/mol. The van der Waals surface area contributed by atoms with Gasteiger partial charge in [0, 0.05) is 30.2 Å². The van der Waals surface area contributed by atoms with E-state index >= 15 is 0 Å². The van der Waals surface area contributed by atoms with Crippen LogP contribution in [0.2, 0.25) is 0 Å². The number of carbonyl (C=O) groups is 1. The number of imidazole rings is 1. The molecule has 0 radical (unpaired) electrons. The van der Waals surface area contributed by atoms with Gasteiger partial charge in [-0.3, -0.25) is 14.3 Å². The Morgan fingerprint density at radius 2 is 2.00 bits per heavy atom. The monoisotopic (exact) mass is 382 g/mol. The summed E-state index contributed by atoms with van der Waals surface area (Å²) in [4.78, 5) is 20.6. The first-order chi connectivity index (χ1) is 13.3. The Bertz CT molecular complexity index is 857. The second kappa shape index (κ2) is 8.47. The molecule has 2 aromatic heterocycles. The Morgan fingerprint density at radius 1 is 1.19 bits per heavy atom. The predicted molar refractivity (Wildman–Crippen MR) is 105 cm³/mol. The van der Waals surface area contributed by atoms with E-state index in [4.69, 9.17) is 4.74 Å². The number of benzene rings is 1. The van der Waals surface area contributed by atoms with Gasteiger partial charge in [-0.1, -0.05) is 24.3 Å². The number of nitrogens with one attached hydrogen (secondary N) is 1. The zero-order valence-electron chi connectivity index (χ0n) is 15.0. The molecule has 1 amide bonds. The van der Waals surface area contributed by atoms with Crippen LogP contribution in [-0.2, 0) is 4.74 Å². The topological polar surface area (TPSA) is 59.4 Å². The van der Waals surface area contributed by atoms with Gasteiger partial charge in [0.2, 0.25) is 0 Å². The Balaban J connectivity index is 1.48. The molecule has 0 saturated carbocycles. The van der Waals surface area contributed by atoms with Crippen LogP contribution in [0.3, 0.4) is 0 Å². The summed E-state index contributed by atoms with van der Waals surface area (Å²) in [6, 6.07) is 14.1. The molecule has 3 aromatic rings. The summed E-state index contributed by atoms with van der Waals surface area (Å²) in [5.74, 6) is -0.119. The molecule has 6 nitrogen and oxygen atoms in total. The fraction of sp³-hybridized carbons (Fsp3) is 0.300. The Hall–Kier alpha value is -2.48. The maximum atomic E-state index is 12.8. The SMILES string of the molecule is O=C(NC[C@H](c1cccs1)N1CCOCC1)c1cncn1-c1ccccc1. The number of carbonyl (C=O) groups excluding carboxylic acids is 1. The largest absolute Gasteiger partial charge is 0.379 e. The number of hydrogen-bond acceptors (Lipinski definition) is 5.